The van der Waals surface area contributed by atoms with Crippen LogP contribution in [0.25, 0.3) is 16.6 Å². The van der Waals surface area contributed by atoms with Crippen LogP contribution >= 0.6 is 11.6 Å². The van der Waals surface area contributed by atoms with E-state index in [9.17, 15) is 9.59 Å². The Kier molecular flexibility index (Phi) is 5.75. The van der Waals surface area contributed by atoms with Gasteiger partial charge in [0.05, 0.1) is 33.1 Å². The molecule has 1 aliphatic rings. The molecular weight excluding hydrogens is 454 g/mol. The third-order valence-corrected chi connectivity index (χ3v) is 6.83. The summed E-state index contributed by atoms with van der Waals surface area (Å²) in [5.41, 5.74) is 5.81. The van der Waals surface area contributed by atoms with Crippen molar-refractivity contribution in [3.63, 3.8) is 0 Å². The van der Waals surface area contributed by atoms with Crippen molar-refractivity contribution in [1.29, 1.82) is 0 Å². The summed E-state index contributed by atoms with van der Waals surface area (Å²) in [6, 6.07) is 9.82. The Morgan fingerprint density at radius 2 is 1.88 bits per heavy atom. The number of amides is 1. The zero-order chi connectivity index (χ0) is 24.0. The first-order valence-electron chi connectivity index (χ1n) is 11.2. The summed E-state index contributed by atoms with van der Waals surface area (Å²) in [5, 5.41) is 7.43. The van der Waals surface area contributed by atoms with Gasteiger partial charge in [0, 0.05) is 39.8 Å². The van der Waals surface area contributed by atoms with Gasteiger partial charge in [0.15, 0.2) is 5.52 Å². The number of piperazine rings is 1. The van der Waals surface area contributed by atoms with E-state index in [0.29, 0.717) is 21.9 Å². The van der Waals surface area contributed by atoms with Crippen LogP contribution in [-0.4, -0.2) is 63.6 Å². The van der Waals surface area contributed by atoms with Crippen LogP contribution in [0.2, 0.25) is 5.02 Å². The van der Waals surface area contributed by atoms with Gasteiger partial charge in [0.1, 0.15) is 5.69 Å². The Labute approximate surface area is 201 Å². The lowest BCUT2D eigenvalue weighted by molar-refractivity contribution is 0.0958. The summed E-state index contributed by atoms with van der Waals surface area (Å²) >= 11 is 6.27. The summed E-state index contributed by atoms with van der Waals surface area (Å²) in [6.45, 7) is 8.07. The first-order valence-corrected chi connectivity index (χ1v) is 11.6. The second-order valence-electron chi connectivity index (χ2n) is 8.61. The lowest BCUT2D eigenvalue weighted by atomic mass is 10.1. The number of H-pyrrole nitrogens is 1. The Morgan fingerprint density at radius 3 is 2.59 bits per heavy atom. The Balaban J connectivity index is 1.30. The molecule has 9 nitrogen and oxygen atoms in total. The van der Waals surface area contributed by atoms with Crippen LogP contribution in [0.15, 0.2) is 35.1 Å². The Bertz CT molecular complexity index is 1470. The Hall–Kier alpha value is -3.43. The number of carbonyl (C=O) groups excluding carboxylic acids is 1. The molecule has 3 aromatic heterocycles. The summed E-state index contributed by atoms with van der Waals surface area (Å²) in [6.07, 6.45) is 0. The topological polar surface area (TPSA) is 98.6 Å². The van der Waals surface area contributed by atoms with Gasteiger partial charge in [-0.3, -0.25) is 14.5 Å². The summed E-state index contributed by atoms with van der Waals surface area (Å²) in [7, 11) is 1.61. The molecule has 0 saturated carbocycles. The molecule has 4 heterocycles. The minimum Gasteiger partial charge on any atom is -0.368 e. The molecule has 1 aliphatic heterocycles. The molecule has 1 amide bonds. The quantitative estimate of drug-likeness (QED) is 0.466. The van der Waals surface area contributed by atoms with Gasteiger partial charge in [-0.15, -0.1) is 0 Å². The number of fused-ring (bicyclic) bond motifs is 3. The molecule has 1 saturated heterocycles. The maximum atomic E-state index is 12.6. The smallest absolute Gasteiger partial charge is 0.276 e. The molecule has 0 bridgehead atoms. The number of halogens is 1. The average Bonchev–Trinajstić information content (AvgIpc) is 3.14. The lowest BCUT2D eigenvalue weighted by Crippen LogP contribution is -2.46. The van der Waals surface area contributed by atoms with E-state index in [-0.39, 0.29) is 11.5 Å². The first-order chi connectivity index (χ1) is 16.4. The van der Waals surface area contributed by atoms with Gasteiger partial charge in [0.25, 0.3) is 11.5 Å². The standard InChI is InChI=1S/C24H26ClN7O2/c1-14-19(7-5-17(27-14)23(33)26-3)31-10-8-30(9-11-31)13-16-4-6-20-18(12-16)28-24(34)22-21(25)15(2)29-32(20)22/h4-7,12H,8-11,13H2,1-3H3,(H,26,33)(H,28,34). The monoisotopic (exact) mass is 479 g/mol. The van der Waals surface area contributed by atoms with E-state index in [1.54, 1.807) is 24.6 Å². The van der Waals surface area contributed by atoms with Crippen molar-refractivity contribution in [3.05, 3.63) is 68.4 Å². The highest BCUT2D eigenvalue weighted by Crippen LogP contribution is 2.24. The van der Waals surface area contributed by atoms with Crippen LogP contribution in [0.4, 0.5) is 5.69 Å². The van der Waals surface area contributed by atoms with Crippen molar-refractivity contribution in [1.82, 2.24) is 29.8 Å². The third kappa shape index (κ3) is 3.91. The molecule has 0 unspecified atom stereocenters. The van der Waals surface area contributed by atoms with Crippen LogP contribution in [0.1, 0.15) is 27.4 Å². The highest BCUT2D eigenvalue weighted by Gasteiger charge is 2.20. The van der Waals surface area contributed by atoms with Crippen LogP contribution in [0.5, 0.6) is 0 Å². The van der Waals surface area contributed by atoms with Gasteiger partial charge in [0.2, 0.25) is 0 Å². The van der Waals surface area contributed by atoms with Crippen molar-refractivity contribution >= 4 is 39.7 Å². The second kappa shape index (κ2) is 8.73. The molecule has 0 aliphatic carbocycles. The number of rotatable bonds is 4. The van der Waals surface area contributed by atoms with Crippen molar-refractivity contribution < 1.29 is 4.79 Å². The van der Waals surface area contributed by atoms with Gasteiger partial charge < -0.3 is 15.2 Å². The van der Waals surface area contributed by atoms with Crippen molar-refractivity contribution in [3.8, 4) is 0 Å². The summed E-state index contributed by atoms with van der Waals surface area (Å²) in [4.78, 5) is 36.5. The highest BCUT2D eigenvalue weighted by atomic mass is 35.5. The van der Waals surface area contributed by atoms with Crippen molar-refractivity contribution in [2.45, 2.75) is 20.4 Å². The Morgan fingerprint density at radius 1 is 1.12 bits per heavy atom. The summed E-state index contributed by atoms with van der Waals surface area (Å²) < 4.78 is 1.63. The molecule has 5 rings (SSSR count). The number of hydrogen-bond donors (Lipinski definition) is 2. The number of nitrogens with zero attached hydrogens (tertiary/aromatic N) is 5. The van der Waals surface area contributed by atoms with E-state index in [1.165, 1.54) is 0 Å². The zero-order valence-electron chi connectivity index (χ0n) is 19.4. The van der Waals surface area contributed by atoms with Crippen LogP contribution in [0, 0.1) is 13.8 Å². The fraction of sp³-hybridized carbons (Fsp3) is 0.333. The van der Waals surface area contributed by atoms with Gasteiger partial charge in [-0.05, 0) is 43.7 Å². The second-order valence-corrected chi connectivity index (χ2v) is 8.99. The molecule has 4 aromatic rings. The van der Waals surface area contributed by atoms with E-state index in [4.69, 9.17) is 11.6 Å². The molecule has 10 heteroatoms. The highest BCUT2D eigenvalue weighted by molar-refractivity contribution is 6.34. The van der Waals surface area contributed by atoms with E-state index in [0.717, 1.165) is 60.7 Å². The van der Waals surface area contributed by atoms with Crippen LogP contribution in [-0.2, 0) is 6.54 Å². The van der Waals surface area contributed by atoms with Crippen LogP contribution < -0.4 is 15.8 Å². The molecule has 34 heavy (non-hydrogen) atoms. The van der Waals surface area contributed by atoms with Crippen LogP contribution in [0.3, 0.4) is 0 Å². The fourth-order valence-corrected chi connectivity index (χ4v) is 4.78. The molecule has 0 radical (unpaired) electrons. The van der Waals surface area contributed by atoms with E-state index < -0.39 is 0 Å². The minimum absolute atomic E-state index is 0.178. The number of nitrogens with one attached hydrogen (secondary N) is 2. The number of aryl methyl sites for hydroxylation is 2. The number of anilines is 1. The molecular formula is C24H26ClN7O2. The number of pyridine rings is 1. The van der Waals surface area contributed by atoms with E-state index in [2.05, 4.69) is 36.2 Å². The van der Waals surface area contributed by atoms with Crippen molar-refractivity contribution in [2.75, 3.05) is 38.1 Å². The first kappa shape index (κ1) is 22.4. The van der Waals surface area contributed by atoms with E-state index in [1.807, 2.05) is 25.1 Å². The SMILES string of the molecule is CNC(=O)c1ccc(N2CCN(Cc3ccc4c(c3)[nH]c(=O)c3c(Cl)c(C)nn34)CC2)c(C)n1. The lowest BCUT2D eigenvalue weighted by Gasteiger charge is -2.36. The number of hydrogen-bond acceptors (Lipinski definition) is 6. The number of aromatic amines is 1. The predicted molar refractivity (Wildman–Crippen MR) is 133 cm³/mol. The number of carbonyl (C=O) groups is 1. The number of aromatic nitrogens is 4. The maximum absolute atomic E-state index is 12.6. The summed E-state index contributed by atoms with van der Waals surface area (Å²) in [5.74, 6) is -0.178. The largest absolute Gasteiger partial charge is 0.368 e. The molecule has 176 valence electrons. The maximum Gasteiger partial charge on any atom is 0.276 e. The third-order valence-electron chi connectivity index (χ3n) is 6.38. The zero-order valence-corrected chi connectivity index (χ0v) is 20.1. The van der Waals surface area contributed by atoms with Gasteiger partial charge in [-0.2, -0.15) is 5.10 Å². The van der Waals surface area contributed by atoms with Gasteiger partial charge in [-0.1, -0.05) is 17.7 Å². The average molecular weight is 480 g/mol. The molecule has 1 aromatic carbocycles. The molecule has 1 fully saturated rings. The normalized spacial score (nSPS) is 14.8. The molecule has 2 N–H and O–H groups in total. The number of benzene rings is 1. The van der Waals surface area contributed by atoms with Gasteiger partial charge >= 0.3 is 0 Å². The van der Waals surface area contributed by atoms with Gasteiger partial charge in [-0.25, -0.2) is 9.50 Å². The molecule has 0 atom stereocenters. The predicted octanol–water partition coefficient (Wildman–Crippen LogP) is 2.52. The fourth-order valence-electron chi connectivity index (χ4n) is 4.57. The minimum atomic E-state index is -0.240. The molecule has 0 spiro atoms. The van der Waals surface area contributed by atoms with Crippen molar-refractivity contribution in [2.24, 2.45) is 0 Å². The van der Waals surface area contributed by atoms with E-state index >= 15 is 0 Å².